The maximum atomic E-state index is 11.9. The number of halogens is 1. The monoisotopic (exact) mass is 265 g/mol. The predicted molar refractivity (Wildman–Crippen MR) is 72.2 cm³/mol. The summed E-state index contributed by atoms with van der Waals surface area (Å²) in [5.74, 6) is -0.284. The van der Waals surface area contributed by atoms with Crippen LogP contribution in [0.3, 0.4) is 0 Å². The number of carbonyl (C=O) groups excluding carboxylic acids is 1. The lowest BCUT2D eigenvalue weighted by Crippen LogP contribution is -2.45. The second kappa shape index (κ2) is 5.38. The number of anilines is 1. The van der Waals surface area contributed by atoms with Crippen molar-refractivity contribution in [3.63, 3.8) is 0 Å². The number of nitrogens with two attached hydrogens (primary N) is 1. The highest BCUT2D eigenvalue weighted by molar-refractivity contribution is 6.31. The summed E-state index contributed by atoms with van der Waals surface area (Å²) in [6.07, 6.45) is 0. The average Bonchev–Trinajstić information content (AvgIpc) is 2.29. The first-order chi connectivity index (χ1) is 8.25. The molecule has 1 atom stereocenters. The molecular formula is C13H16ClN3O. The fourth-order valence-corrected chi connectivity index (χ4v) is 1.46. The first kappa shape index (κ1) is 14.5. The molecule has 1 rings (SSSR count). The van der Waals surface area contributed by atoms with Crippen molar-refractivity contribution in [1.29, 1.82) is 5.26 Å². The van der Waals surface area contributed by atoms with Gasteiger partial charge in [-0.3, -0.25) is 4.79 Å². The number of hydrogen-bond acceptors (Lipinski definition) is 3. The van der Waals surface area contributed by atoms with Crippen LogP contribution in [0.2, 0.25) is 5.02 Å². The fourth-order valence-electron chi connectivity index (χ4n) is 1.30. The number of amides is 1. The maximum Gasteiger partial charge on any atom is 0.241 e. The van der Waals surface area contributed by atoms with E-state index in [4.69, 9.17) is 22.6 Å². The van der Waals surface area contributed by atoms with Gasteiger partial charge in [0.1, 0.15) is 6.07 Å². The second-order valence-corrected chi connectivity index (χ2v) is 5.55. The lowest BCUT2D eigenvalue weighted by Gasteiger charge is -2.25. The van der Waals surface area contributed by atoms with E-state index in [1.807, 2.05) is 26.8 Å². The zero-order valence-corrected chi connectivity index (χ0v) is 11.4. The van der Waals surface area contributed by atoms with Gasteiger partial charge in [0.05, 0.1) is 16.6 Å². The van der Waals surface area contributed by atoms with Crippen molar-refractivity contribution in [3.05, 3.63) is 28.8 Å². The molecule has 96 valence electrons. The van der Waals surface area contributed by atoms with Gasteiger partial charge >= 0.3 is 0 Å². The second-order valence-electron chi connectivity index (χ2n) is 5.14. The number of hydrogen-bond donors (Lipinski definition) is 2. The van der Waals surface area contributed by atoms with Gasteiger partial charge in [0.25, 0.3) is 0 Å². The van der Waals surface area contributed by atoms with Gasteiger partial charge in [-0.15, -0.1) is 0 Å². The zero-order chi connectivity index (χ0) is 13.9. The summed E-state index contributed by atoms with van der Waals surface area (Å²) in [5.41, 5.74) is 6.35. The van der Waals surface area contributed by atoms with Gasteiger partial charge in [0.2, 0.25) is 5.91 Å². The van der Waals surface area contributed by atoms with Gasteiger partial charge in [-0.1, -0.05) is 32.4 Å². The molecule has 3 N–H and O–H groups in total. The van der Waals surface area contributed by atoms with Crippen LogP contribution in [0.1, 0.15) is 26.3 Å². The van der Waals surface area contributed by atoms with Crippen molar-refractivity contribution in [2.75, 3.05) is 5.32 Å². The number of nitriles is 1. The summed E-state index contributed by atoms with van der Waals surface area (Å²) in [7, 11) is 0. The molecule has 4 nitrogen and oxygen atoms in total. The Morgan fingerprint density at radius 3 is 2.61 bits per heavy atom. The molecule has 1 unspecified atom stereocenters. The minimum atomic E-state index is -0.626. The summed E-state index contributed by atoms with van der Waals surface area (Å²) < 4.78 is 0. The molecule has 0 aliphatic rings. The molecule has 0 saturated heterocycles. The molecule has 0 aliphatic carbocycles. The highest BCUT2D eigenvalue weighted by Gasteiger charge is 2.27. The van der Waals surface area contributed by atoms with Crippen LogP contribution in [-0.2, 0) is 4.79 Å². The summed E-state index contributed by atoms with van der Waals surface area (Å²) in [6.45, 7) is 5.67. The molecule has 1 aromatic rings. The van der Waals surface area contributed by atoms with Gasteiger partial charge in [0, 0.05) is 5.69 Å². The first-order valence-corrected chi connectivity index (χ1v) is 5.89. The Balaban J connectivity index is 2.87. The third kappa shape index (κ3) is 3.46. The topological polar surface area (TPSA) is 78.9 Å². The van der Waals surface area contributed by atoms with Gasteiger partial charge in [-0.2, -0.15) is 5.26 Å². The van der Waals surface area contributed by atoms with Crippen LogP contribution in [0, 0.1) is 16.7 Å². The van der Waals surface area contributed by atoms with E-state index in [9.17, 15) is 4.79 Å². The molecule has 0 radical (unpaired) electrons. The largest absolute Gasteiger partial charge is 0.325 e. The Morgan fingerprint density at radius 2 is 2.11 bits per heavy atom. The molecule has 1 aromatic carbocycles. The third-order valence-corrected chi connectivity index (χ3v) is 2.90. The van der Waals surface area contributed by atoms with Crippen molar-refractivity contribution in [3.8, 4) is 6.07 Å². The molecule has 0 fully saturated rings. The molecule has 0 aliphatic heterocycles. The van der Waals surface area contributed by atoms with Gasteiger partial charge in [0.15, 0.2) is 0 Å². The SMILES string of the molecule is CC(C)(C)C(N)C(=O)Nc1ccc(Cl)c(C#N)c1. The van der Waals surface area contributed by atoms with Gasteiger partial charge in [-0.25, -0.2) is 0 Å². The summed E-state index contributed by atoms with van der Waals surface area (Å²) in [6, 6.07) is 6.05. The normalized spacial score (nSPS) is 12.7. The van der Waals surface area contributed by atoms with E-state index in [2.05, 4.69) is 5.32 Å². The Bertz CT molecular complexity index is 500. The molecule has 0 aromatic heterocycles. The van der Waals surface area contributed by atoms with Gasteiger partial charge in [-0.05, 0) is 23.6 Å². The average molecular weight is 266 g/mol. The van der Waals surface area contributed by atoms with Crippen LogP contribution in [0.25, 0.3) is 0 Å². The number of nitrogens with zero attached hydrogens (tertiary/aromatic N) is 1. The van der Waals surface area contributed by atoms with Crippen LogP contribution < -0.4 is 11.1 Å². The lowest BCUT2D eigenvalue weighted by molar-refractivity contribution is -0.119. The number of rotatable bonds is 2. The summed E-state index contributed by atoms with van der Waals surface area (Å²) in [5, 5.41) is 11.9. The van der Waals surface area contributed by atoms with Crippen LogP contribution in [0.15, 0.2) is 18.2 Å². The van der Waals surface area contributed by atoms with E-state index in [1.165, 1.54) is 6.07 Å². The van der Waals surface area contributed by atoms with E-state index < -0.39 is 6.04 Å². The first-order valence-electron chi connectivity index (χ1n) is 5.52. The Hall–Kier alpha value is -1.57. The molecule has 0 heterocycles. The predicted octanol–water partition coefficient (Wildman–Crippen LogP) is 2.52. The minimum Gasteiger partial charge on any atom is -0.325 e. The molecular weight excluding hydrogens is 250 g/mol. The number of carbonyl (C=O) groups is 1. The zero-order valence-electron chi connectivity index (χ0n) is 10.6. The van der Waals surface area contributed by atoms with E-state index in [0.29, 0.717) is 16.3 Å². The molecule has 0 bridgehead atoms. The quantitative estimate of drug-likeness (QED) is 0.862. The van der Waals surface area contributed by atoms with Gasteiger partial charge < -0.3 is 11.1 Å². The van der Waals surface area contributed by atoms with Crippen molar-refractivity contribution >= 4 is 23.2 Å². The summed E-state index contributed by atoms with van der Waals surface area (Å²) in [4.78, 5) is 11.9. The summed E-state index contributed by atoms with van der Waals surface area (Å²) >= 11 is 5.81. The van der Waals surface area contributed by atoms with Crippen LogP contribution in [-0.4, -0.2) is 11.9 Å². The third-order valence-electron chi connectivity index (χ3n) is 2.57. The number of nitrogens with one attached hydrogen (secondary N) is 1. The van der Waals surface area contributed by atoms with Crippen molar-refractivity contribution in [2.45, 2.75) is 26.8 Å². The Morgan fingerprint density at radius 1 is 1.50 bits per heavy atom. The standard InChI is InChI=1S/C13H16ClN3O/c1-13(2,3)11(16)12(18)17-9-4-5-10(14)8(6-9)7-15/h4-6,11H,16H2,1-3H3,(H,17,18). The van der Waals surface area contributed by atoms with E-state index in [-0.39, 0.29) is 11.3 Å². The Labute approximate surface area is 112 Å². The highest BCUT2D eigenvalue weighted by Crippen LogP contribution is 2.22. The molecule has 18 heavy (non-hydrogen) atoms. The molecule has 0 saturated carbocycles. The minimum absolute atomic E-state index is 0.284. The Kier molecular flexibility index (Phi) is 4.33. The van der Waals surface area contributed by atoms with E-state index in [1.54, 1.807) is 12.1 Å². The van der Waals surface area contributed by atoms with Crippen LogP contribution >= 0.6 is 11.6 Å². The van der Waals surface area contributed by atoms with E-state index >= 15 is 0 Å². The van der Waals surface area contributed by atoms with Crippen LogP contribution in [0.4, 0.5) is 5.69 Å². The van der Waals surface area contributed by atoms with Crippen molar-refractivity contribution in [1.82, 2.24) is 0 Å². The molecule has 1 amide bonds. The molecule has 5 heteroatoms. The lowest BCUT2D eigenvalue weighted by atomic mass is 9.87. The molecule has 0 spiro atoms. The highest BCUT2D eigenvalue weighted by atomic mass is 35.5. The van der Waals surface area contributed by atoms with Crippen molar-refractivity contribution in [2.24, 2.45) is 11.1 Å². The van der Waals surface area contributed by atoms with Crippen LogP contribution in [0.5, 0.6) is 0 Å². The van der Waals surface area contributed by atoms with E-state index in [0.717, 1.165) is 0 Å². The fraction of sp³-hybridized carbons (Fsp3) is 0.385. The van der Waals surface area contributed by atoms with Crippen molar-refractivity contribution < 1.29 is 4.79 Å². The maximum absolute atomic E-state index is 11.9. The number of benzene rings is 1. The smallest absolute Gasteiger partial charge is 0.241 e.